The van der Waals surface area contributed by atoms with E-state index in [0.29, 0.717) is 0 Å². The summed E-state index contributed by atoms with van der Waals surface area (Å²) in [5, 5.41) is 12.5. The zero-order valence-corrected chi connectivity index (χ0v) is 17.4. The van der Waals surface area contributed by atoms with Gasteiger partial charge in [0.1, 0.15) is 5.52 Å². The summed E-state index contributed by atoms with van der Waals surface area (Å²) in [6.45, 7) is 2.22. The average Bonchev–Trinajstić information content (AvgIpc) is 3.24. The molecule has 4 nitrogen and oxygen atoms in total. The summed E-state index contributed by atoms with van der Waals surface area (Å²) >= 11 is 0. The largest absolute Gasteiger partial charge is 0.378 e. The molecule has 152 valence electrons. The summed E-state index contributed by atoms with van der Waals surface area (Å²) in [5.74, 6) is 0. The van der Waals surface area contributed by atoms with Crippen LogP contribution >= 0.6 is 0 Å². The van der Waals surface area contributed by atoms with E-state index in [9.17, 15) is 0 Å². The number of hydrogen-bond acceptors (Lipinski definition) is 3. The minimum absolute atomic E-state index is 0.181. The smallest absolute Gasteiger partial charge is 0.113 e. The number of hydrogen-bond donors (Lipinski definition) is 1. The highest BCUT2D eigenvalue weighted by molar-refractivity contribution is 5.77. The van der Waals surface area contributed by atoms with Crippen molar-refractivity contribution in [2.45, 2.75) is 38.6 Å². The average molecular weight is 397 g/mol. The summed E-state index contributed by atoms with van der Waals surface area (Å²) in [4.78, 5) is 0. The number of rotatable bonds is 9. The van der Waals surface area contributed by atoms with Gasteiger partial charge < -0.3 is 5.32 Å². The van der Waals surface area contributed by atoms with Crippen molar-refractivity contribution in [3.05, 3.63) is 96.6 Å². The van der Waals surface area contributed by atoms with E-state index >= 15 is 0 Å². The van der Waals surface area contributed by atoms with Crippen LogP contribution < -0.4 is 5.32 Å². The first-order valence-electron chi connectivity index (χ1n) is 10.7. The van der Waals surface area contributed by atoms with Gasteiger partial charge >= 0.3 is 0 Å². The maximum atomic E-state index is 4.46. The highest BCUT2D eigenvalue weighted by atomic mass is 15.4. The van der Waals surface area contributed by atoms with Crippen LogP contribution in [0.5, 0.6) is 0 Å². The molecule has 1 unspecified atom stereocenters. The molecule has 0 spiro atoms. The molecule has 3 aromatic carbocycles. The van der Waals surface area contributed by atoms with Crippen LogP contribution in [0.4, 0.5) is 5.69 Å². The van der Waals surface area contributed by atoms with E-state index in [1.54, 1.807) is 0 Å². The lowest BCUT2D eigenvalue weighted by molar-refractivity contribution is 0.738. The van der Waals surface area contributed by atoms with E-state index in [0.717, 1.165) is 42.4 Å². The number of benzene rings is 3. The van der Waals surface area contributed by atoms with Crippen LogP contribution in [0.1, 0.15) is 44.2 Å². The molecule has 0 saturated carbocycles. The third kappa shape index (κ3) is 4.77. The fourth-order valence-electron chi connectivity index (χ4n) is 3.69. The molecule has 4 rings (SSSR count). The monoisotopic (exact) mass is 396 g/mol. The SMILES string of the molecule is CCCCC(=CCC(Nc1ccccc1)c1ccccc1)n1nnc2ccccc21. The summed E-state index contributed by atoms with van der Waals surface area (Å²) in [6, 6.07) is 29.4. The molecule has 0 amide bonds. The third-order valence-electron chi connectivity index (χ3n) is 5.32. The Morgan fingerprint density at radius 1 is 0.933 bits per heavy atom. The third-order valence-corrected chi connectivity index (χ3v) is 5.32. The van der Waals surface area contributed by atoms with Crippen molar-refractivity contribution < 1.29 is 0 Å². The van der Waals surface area contributed by atoms with Crippen LogP contribution in [-0.2, 0) is 0 Å². The fraction of sp³-hybridized carbons (Fsp3) is 0.231. The van der Waals surface area contributed by atoms with Gasteiger partial charge in [-0.3, -0.25) is 0 Å². The van der Waals surface area contributed by atoms with Gasteiger partial charge in [-0.25, -0.2) is 4.68 Å². The molecular formula is C26H28N4. The standard InChI is InChI=1S/C26H28N4/c1-2-3-16-23(30-26-18-11-10-17-25(26)28-29-30)19-20-24(21-12-6-4-7-13-21)27-22-14-8-5-9-15-22/h4-15,17-19,24,27H,2-3,16,20H2,1H3. The molecule has 1 aromatic heterocycles. The lowest BCUT2D eigenvalue weighted by Crippen LogP contribution is -2.11. The molecule has 0 saturated heterocycles. The zero-order chi connectivity index (χ0) is 20.6. The molecule has 1 N–H and O–H groups in total. The fourth-order valence-corrected chi connectivity index (χ4v) is 3.69. The predicted octanol–water partition coefficient (Wildman–Crippen LogP) is 6.71. The quantitative estimate of drug-likeness (QED) is 0.342. The second kappa shape index (κ2) is 9.88. The Bertz CT molecular complexity index is 1080. The Kier molecular flexibility index (Phi) is 6.55. The number of unbranched alkanes of at least 4 members (excludes halogenated alkanes) is 1. The van der Waals surface area contributed by atoms with E-state index < -0.39 is 0 Å². The minimum atomic E-state index is 0.181. The molecule has 1 heterocycles. The Balaban J connectivity index is 1.65. The van der Waals surface area contributed by atoms with Crippen LogP contribution in [0.3, 0.4) is 0 Å². The van der Waals surface area contributed by atoms with Crippen molar-refractivity contribution in [1.29, 1.82) is 0 Å². The number of para-hydroxylation sites is 2. The predicted molar refractivity (Wildman–Crippen MR) is 125 cm³/mol. The summed E-state index contributed by atoms with van der Waals surface area (Å²) in [5.41, 5.74) is 5.60. The van der Waals surface area contributed by atoms with E-state index in [1.807, 2.05) is 28.9 Å². The second-order valence-electron chi connectivity index (χ2n) is 7.50. The van der Waals surface area contributed by atoms with Gasteiger partial charge in [0.15, 0.2) is 0 Å². The van der Waals surface area contributed by atoms with Crippen molar-refractivity contribution in [3.63, 3.8) is 0 Å². The molecule has 0 radical (unpaired) electrons. The van der Waals surface area contributed by atoms with Crippen LogP contribution in [0.2, 0.25) is 0 Å². The lowest BCUT2D eigenvalue weighted by Gasteiger charge is -2.20. The summed E-state index contributed by atoms with van der Waals surface area (Å²) < 4.78 is 2.01. The molecular weight excluding hydrogens is 368 g/mol. The number of nitrogens with one attached hydrogen (secondary N) is 1. The highest BCUT2D eigenvalue weighted by Crippen LogP contribution is 2.26. The van der Waals surface area contributed by atoms with Gasteiger partial charge in [-0.1, -0.05) is 85.3 Å². The van der Waals surface area contributed by atoms with Gasteiger partial charge in [0.2, 0.25) is 0 Å². The maximum Gasteiger partial charge on any atom is 0.113 e. The van der Waals surface area contributed by atoms with Crippen molar-refractivity contribution in [3.8, 4) is 0 Å². The van der Waals surface area contributed by atoms with Gasteiger partial charge in [0.05, 0.1) is 11.6 Å². The Labute approximate surface area is 178 Å². The lowest BCUT2D eigenvalue weighted by atomic mass is 10.0. The molecule has 0 fully saturated rings. The van der Waals surface area contributed by atoms with Gasteiger partial charge in [-0.05, 0) is 49.1 Å². The number of nitrogens with zero attached hydrogens (tertiary/aromatic N) is 3. The molecule has 30 heavy (non-hydrogen) atoms. The molecule has 0 bridgehead atoms. The van der Waals surface area contributed by atoms with Crippen LogP contribution in [0.15, 0.2) is 91.0 Å². The molecule has 4 heteroatoms. The van der Waals surface area contributed by atoms with E-state index in [-0.39, 0.29) is 6.04 Å². The topological polar surface area (TPSA) is 42.7 Å². The van der Waals surface area contributed by atoms with E-state index in [4.69, 9.17) is 0 Å². The van der Waals surface area contributed by atoms with Crippen molar-refractivity contribution in [1.82, 2.24) is 15.0 Å². The number of aromatic nitrogens is 3. The molecule has 0 aliphatic rings. The van der Waals surface area contributed by atoms with Gasteiger partial charge in [0, 0.05) is 11.4 Å². The number of allylic oxidation sites excluding steroid dienone is 1. The van der Waals surface area contributed by atoms with Gasteiger partial charge in [0.25, 0.3) is 0 Å². The van der Waals surface area contributed by atoms with Crippen LogP contribution in [-0.4, -0.2) is 15.0 Å². The van der Waals surface area contributed by atoms with Crippen molar-refractivity contribution in [2.24, 2.45) is 0 Å². The van der Waals surface area contributed by atoms with E-state index in [2.05, 4.69) is 89.3 Å². The Morgan fingerprint density at radius 3 is 2.40 bits per heavy atom. The zero-order valence-electron chi connectivity index (χ0n) is 17.4. The molecule has 4 aromatic rings. The van der Waals surface area contributed by atoms with Crippen molar-refractivity contribution in [2.75, 3.05) is 5.32 Å². The summed E-state index contributed by atoms with van der Waals surface area (Å²) in [6.07, 6.45) is 6.45. The van der Waals surface area contributed by atoms with Gasteiger partial charge in [-0.2, -0.15) is 0 Å². The van der Waals surface area contributed by atoms with Crippen molar-refractivity contribution >= 4 is 22.4 Å². The second-order valence-corrected chi connectivity index (χ2v) is 7.50. The Morgan fingerprint density at radius 2 is 1.63 bits per heavy atom. The first-order valence-corrected chi connectivity index (χ1v) is 10.7. The maximum absolute atomic E-state index is 4.46. The molecule has 0 aliphatic heterocycles. The molecule has 1 atom stereocenters. The van der Waals surface area contributed by atoms with Gasteiger partial charge in [-0.15, -0.1) is 5.10 Å². The first kappa shape index (κ1) is 19.9. The number of fused-ring (bicyclic) bond motifs is 1. The first-order chi connectivity index (χ1) is 14.8. The van der Waals surface area contributed by atoms with Crippen LogP contribution in [0, 0.1) is 0 Å². The highest BCUT2D eigenvalue weighted by Gasteiger charge is 2.13. The molecule has 0 aliphatic carbocycles. The Hall–Kier alpha value is -3.40. The minimum Gasteiger partial charge on any atom is -0.378 e. The van der Waals surface area contributed by atoms with Crippen LogP contribution in [0.25, 0.3) is 16.7 Å². The number of anilines is 1. The normalized spacial score (nSPS) is 12.8. The summed E-state index contributed by atoms with van der Waals surface area (Å²) in [7, 11) is 0. The van der Waals surface area contributed by atoms with E-state index in [1.165, 1.54) is 11.3 Å².